The Bertz CT molecular complexity index is 564. The highest BCUT2D eigenvalue weighted by atomic mass is 32.2. The van der Waals surface area contributed by atoms with Crippen molar-refractivity contribution in [2.45, 2.75) is 24.2 Å². The van der Waals surface area contributed by atoms with Gasteiger partial charge in [0.25, 0.3) is 0 Å². The summed E-state index contributed by atoms with van der Waals surface area (Å²) in [5.74, 6) is -0.682. The first-order valence-corrected chi connectivity index (χ1v) is 7.67. The highest BCUT2D eigenvalue weighted by Gasteiger charge is 2.32. The highest BCUT2D eigenvalue weighted by Crippen LogP contribution is 2.26. The van der Waals surface area contributed by atoms with Crippen LogP contribution in [0, 0.1) is 5.92 Å². The molecule has 0 radical (unpaired) electrons. The largest absolute Gasteiger partial charge is 0.481 e. The fourth-order valence-electron chi connectivity index (χ4n) is 2.36. The molecule has 1 N–H and O–H groups in total. The van der Waals surface area contributed by atoms with Crippen LogP contribution in [0.3, 0.4) is 0 Å². The number of carbonyl (C=O) groups is 1. The third-order valence-corrected chi connectivity index (χ3v) is 5.31. The van der Waals surface area contributed by atoms with E-state index in [-0.39, 0.29) is 12.3 Å². The summed E-state index contributed by atoms with van der Waals surface area (Å²) < 4.78 is 27.8. The zero-order valence-corrected chi connectivity index (χ0v) is 11.6. The van der Waals surface area contributed by atoms with Crippen LogP contribution >= 0.6 is 0 Å². The topological polar surface area (TPSA) is 79.6 Å². The van der Waals surface area contributed by atoms with Gasteiger partial charge in [-0.05, 0) is 24.8 Å². The van der Waals surface area contributed by atoms with E-state index in [9.17, 15) is 13.2 Å². The Morgan fingerprint density at radius 2 is 2.26 bits per heavy atom. The van der Waals surface area contributed by atoms with E-state index < -0.39 is 16.0 Å². The summed E-state index contributed by atoms with van der Waals surface area (Å²) in [4.78, 5) is 10.8. The van der Waals surface area contributed by atoms with Crippen molar-refractivity contribution in [1.82, 2.24) is 8.87 Å². The number of rotatable bonds is 5. The van der Waals surface area contributed by atoms with Crippen molar-refractivity contribution in [2.24, 2.45) is 13.0 Å². The van der Waals surface area contributed by atoms with Gasteiger partial charge in [-0.1, -0.05) is 0 Å². The minimum Gasteiger partial charge on any atom is -0.481 e. The van der Waals surface area contributed by atoms with Crippen LogP contribution in [0.15, 0.2) is 23.4 Å². The fourth-order valence-corrected chi connectivity index (χ4v) is 3.94. The van der Waals surface area contributed by atoms with Crippen LogP contribution in [-0.4, -0.2) is 41.5 Å². The Morgan fingerprint density at radius 3 is 2.84 bits per heavy atom. The first kappa shape index (κ1) is 14.1. The molecule has 0 bridgehead atoms. The van der Waals surface area contributed by atoms with E-state index in [0.29, 0.717) is 24.4 Å². The molecule has 1 aromatic heterocycles. The summed E-state index contributed by atoms with van der Waals surface area (Å²) in [5, 5.41) is 8.65. The maximum absolute atomic E-state index is 12.3. The van der Waals surface area contributed by atoms with E-state index in [1.807, 2.05) is 0 Å². The summed E-state index contributed by atoms with van der Waals surface area (Å²) >= 11 is 0. The standard InChI is InChI=1S/C12H18N2O4S/c1-13-6-5-11(9-13)19(17,18)14-7-4-10(8-14)2-3-12(15)16/h5-6,9-10H,2-4,7-8H2,1H3,(H,15,16). The van der Waals surface area contributed by atoms with Gasteiger partial charge in [0, 0.05) is 39.0 Å². The van der Waals surface area contributed by atoms with Crippen molar-refractivity contribution in [3.05, 3.63) is 18.5 Å². The molecule has 1 aliphatic rings. The molecule has 1 aliphatic heterocycles. The Kier molecular flexibility index (Phi) is 3.96. The number of carboxylic acid groups (broad SMARTS) is 1. The van der Waals surface area contributed by atoms with Gasteiger partial charge in [0.05, 0.1) is 4.90 Å². The van der Waals surface area contributed by atoms with Gasteiger partial charge in [-0.15, -0.1) is 0 Å². The molecule has 0 aliphatic carbocycles. The molecule has 0 aromatic carbocycles. The van der Waals surface area contributed by atoms with Gasteiger partial charge >= 0.3 is 5.97 Å². The van der Waals surface area contributed by atoms with Crippen molar-refractivity contribution < 1.29 is 18.3 Å². The predicted molar refractivity (Wildman–Crippen MR) is 69.1 cm³/mol. The summed E-state index contributed by atoms with van der Waals surface area (Å²) in [6.07, 6.45) is 4.66. The molecular weight excluding hydrogens is 268 g/mol. The Balaban J connectivity index is 2.02. The smallest absolute Gasteiger partial charge is 0.303 e. The van der Waals surface area contributed by atoms with Crippen LogP contribution in [0.4, 0.5) is 0 Å². The first-order valence-electron chi connectivity index (χ1n) is 6.23. The molecule has 0 spiro atoms. The number of sulfonamides is 1. The molecule has 6 nitrogen and oxygen atoms in total. The lowest BCUT2D eigenvalue weighted by Crippen LogP contribution is -2.28. The Morgan fingerprint density at radius 1 is 1.53 bits per heavy atom. The number of nitrogens with zero attached hydrogens (tertiary/aromatic N) is 2. The van der Waals surface area contributed by atoms with Crippen molar-refractivity contribution in [1.29, 1.82) is 0 Å². The monoisotopic (exact) mass is 286 g/mol. The van der Waals surface area contributed by atoms with Crippen molar-refractivity contribution in [2.75, 3.05) is 13.1 Å². The number of hydrogen-bond acceptors (Lipinski definition) is 3. The molecule has 1 aromatic rings. The summed E-state index contributed by atoms with van der Waals surface area (Å²) in [5.41, 5.74) is 0. The molecule has 1 atom stereocenters. The fraction of sp³-hybridized carbons (Fsp3) is 0.583. The number of hydrogen-bond donors (Lipinski definition) is 1. The van der Waals surface area contributed by atoms with E-state index in [1.165, 1.54) is 4.31 Å². The maximum atomic E-state index is 12.3. The molecule has 1 fully saturated rings. The number of aryl methyl sites for hydroxylation is 1. The number of carboxylic acids is 1. The highest BCUT2D eigenvalue weighted by molar-refractivity contribution is 7.89. The number of aliphatic carboxylic acids is 1. The SMILES string of the molecule is Cn1ccc(S(=O)(=O)N2CCC(CCC(=O)O)C2)c1. The van der Waals surface area contributed by atoms with Crippen LogP contribution in [0.5, 0.6) is 0 Å². The van der Waals surface area contributed by atoms with Crippen LogP contribution in [0.2, 0.25) is 0 Å². The summed E-state index contributed by atoms with van der Waals surface area (Å²) in [6, 6.07) is 1.58. The van der Waals surface area contributed by atoms with Gasteiger partial charge in [0.2, 0.25) is 10.0 Å². The van der Waals surface area contributed by atoms with E-state index in [2.05, 4.69) is 0 Å². The molecule has 1 saturated heterocycles. The lowest BCUT2D eigenvalue weighted by atomic mass is 10.0. The zero-order chi connectivity index (χ0) is 14.0. The van der Waals surface area contributed by atoms with Crippen molar-refractivity contribution in [3.63, 3.8) is 0 Å². The molecule has 7 heteroatoms. The minimum atomic E-state index is -3.42. The predicted octanol–water partition coefficient (Wildman–Crippen LogP) is 0.901. The third kappa shape index (κ3) is 3.16. The van der Waals surface area contributed by atoms with Crippen LogP contribution < -0.4 is 0 Å². The maximum Gasteiger partial charge on any atom is 0.303 e. The number of aromatic nitrogens is 1. The average Bonchev–Trinajstić information content (AvgIpc) is 2.95. The Labute approximate surface area is 112 Å². The van der Waals surface area contributed by atoms with Crippen LogP contribution in [0.1, 0.15) is 19.3 Å². The molecule has 1 unspecified atom stereocenters. The third-order valence-electron chi connectivity index (χ3n) is 3.46. The van der Waals surface area contributed by atoms with Crippen molar-refractivity contribution >= 4 is 16.0 Å². The Hall–Kier alpha value is -1.34. The quantitative estimate of drug-likeness (QED) is 0.872. The molecule has 0 saturated carbocycles. The molecule has 0 amide bonds. The van der Waals surface area contributed by atoms with Gasteiger partial charge < -0.3 is 9.67 Å². The lowest BCUT2D eigenvalue weighted by Gasteiger charge is -2.15. The minimum absolute atomic E-state index is 0.101. The van der Waals surface area contributed by atoms with Crippen LogP contribution in [-0.2, 0) is 21.9 Å². The summed E-state index contributed by atoms with van der Waals surface area (Å²) in [7, 11) is -1.65. The van der Waals surface area contributed by atoms with E-state index >= 15 is 0 Å². The van der Waals surface area contributed by atoms with Gasteiger partial charge in [0.1, 0.15) is 0 Å². The second-order valence-corrected chi connectivity index (χ2v) is 6.90. The zero-order valence-electron chi connectivity index (χ0n) is 10.8. The van der Waals surface area contributed by atoms with Crippen LogP contribution in [0.25, 0.3) is 0 Å². The van der Waals surface area contributed by atoms with E-state index in [0.717, 1.165) is 6.42 Å². The molecule has 19 heavy (non-hydrogen) atoms. The van der Waals surface area contributed by atoms with Crippen molar-refractivity contribution in [3.8, 4) is 0 Å². The van der Waals surface area contributed by atoms with Gasteiger partial charge in [0.15, 0.2) is 0 Å². The molecule has 2 heterocycles. The van der Waals surface area contributed by atoms with E-state index in [1.54, 1.807) is 30.1 Å². The molecular formula is C12H18N2O4S. The van der Waals surface area contributed by atoms with Gasteiger partial charge in [-0.25, -0.2) is 8.42 Å². The van der Waals surface area contributed by atoms with Gasteiger partial charge in [-0.3, -0.25) is 4.79 Å². The lowest BCUT2D eigenvalue weighted by molar-refractivity contribution is -0.137. The second kappa shape index (κ2) is 5.34. The normalized spacial score (nSPS) is 20.8. The van der Waals surface area contributed by atoms with Gasteiger partial charge in [-0.2, -0.15) is 4.31 Å². The first-order chi connectivity index (χ1) is 8.89. The summed E-state index contributed by atoms with van der Waals surface area (Å²) in [6.45, 7) is 0.895. The average molecular weight is 286 g/mol. The molecule has 2 rings (SSSR count). The molecule has 106 valence electrons. The second-order valence-electron chi connectivity index (χ2n) is 4.96. The van der Waals surface area contributed by atoms with E-state index in [4.69, 9.17) is 5.11 Å².